The van der Waals surface area contributed by atoms with Crippen molar-refractivity contribution in [3.8, 4) is 0 Å². The van der Waals surface area contributed by atoms with Gasteiger partial charge in [-0.2, -0.15) is 0 Å². The van der Waals surface area contributed by atoms with Crippen LogP contribution in [0.25, 0.3) is 0 Å². The van der Waals surface area contributed by atoms with Crippen LogP contribution in [0.2, 0.25) is 0 Å². The molecule has 2 aromatic rings. The van der Waals surface area contributed by atoms with Gasteiger partial charge in [0.2, 0.25) is 11.7 Å². The molecule has 5 heteroatoms. The van der Waals surface area contributed by atoms with Crippen molar-refractivity contribution in [1.82, 2.24) is 0 Å². The third kappa shape index (κ3) is 2.73. The second-order valence-corrected chi connectivity index (χ2v) is 6.87. The average Bonchev–Trinajstić information content (AvgIpc) is 3.13. The van der Waals surface area contributed by atoms with E-state index in [1.165, 1.54) is 11.1 Å². The number of rotatable bonds is 4. The van der Waals surface area contributed by atoms with Crippen LogP contribution in [-0.4, -0.2) is 11.7 Å². The smallest absolute Gasteiger partial charge is 0.231 e. The highest BCUT2D eigenvalue weighted by Gasteiger charge is 2.29. The van der Waals surface area contributed by atoms with Crippen molar-refractivity contribution in [2.24, 2.45) is 5.92 Å². The maximum Gasteiger partial charge on any atom is 0.231 e. The Morgan fingerprint density at radius 3 is 2.95 bits per heavy atom. The SMILES string of the molecule is CCC(=O)Nc1sc2c(c1C(=O)c1ccco1)CCC(C)C2. The lowest BCUT2D eigenvalue weighted by atomic mass is 9.87. The molecule has 0 radical (unpaired) electrons. The molecule has 1 atom stereocenters. The Balaban J connectivity index is 2.05. The number of fused-ring (bicyclic) bond motifs is 1. The van der Waals surface area contributed by atoms with E-state index in [-0.39, 0.29) is 11.7 Å². The first-order valence-electron chi connectivity index (χ1n) is 7.62. The van der Waals surface area contributed by atoms with Crippen LogP contribution in [-0.2, 0) is 17.6 Å². The number of amides is 1. The van der Waals surface area contributed by atoms with E-state index >= 15 is 0 Å². The van der Waals surface area contributed by atoms with E-state index in [1.807, 2.05) is 0 Å². The Morgan fingerprint density at radius 2 is 2.27 bits per heavy atom. The molecule has 0 saturated heterocycles. The predicted molar refractivity (Wildman–Crippen MR) is 86.6 cm³/mol. The van der Waals surface area contributed by atoms with E-state index < -0.39 is 0 Å². The van der Waals surface area contributed by atoms with Crippen molar-refractivity contribution in [2.75, 3.05) is 5.32 Å². The van der Waals surface area contributed by atoms with Gasteiger partial charge < -0.3 is 9.73 Å². The molecule has 1 aliphatic carbocycles. The summed E-state index contributed by atoms with van der Waals surface area (Å²) in [4.78, 5) is 25.8. The molecule has 0 fully saturated rings. The van der Waals surface area contributed by atoms with Crippen LogP contribution >= 0.6 is 11.3 Å². The molecular formula is C17H19NO3S. The second kappa shape index (κ2) is 6.08. The van der Waals surface area contributed by atoms with Gasteiger partial charge in [0.15, 0.2) is 5.76 Å². The summed E-state index contributed by atoms with van der Waals surface area (Å²) in [6.45, 7) is 4.03. The molecule has 0 bridgehead atoms. The number of hydrogen-bond donors (Lipinski definition) is 1. The maximum absolute atomic E-state index is 12.8. The van der Waals surface area contributed by atoms with Crippen LogP contribution < -0.4 is 5.32 Å². The summed E-state index contributed by atoms with van der Waals surface area (Å²) >= 11 is 1.54. The van der Waals surface area contributed by atoms with Gasteiger partial charge in [-0.25, -0.2) is 0 Å². The van der Waals surface area contributed by atoms with E-state index in [0.717, 1.165) is 24.8 Å². The van der Waals surface area contributed by atoms with Gasteiger partial charge in [-0.15, -0.1) is 11.3 Å². The molecule has 4 nitrogen and oxygen atoms in total. The summed E-state index contributed by atoms with van der Waals surface area (Å²) < 4.78 is 5.26. The van der Waals surface area contributed by atoms with E-state index in [2.05, 4.69) is 12.2 Å². The lowest BCUT2D eigenvalue weighted by molar-refractivity contribution is -0.115. The van der Waals surface area contributed by atoms with Crippen molar-refractivity contribution >= 4 is 28.0 Å². The first-order valence-corrected chi connectivity index (χ1v) is 8.44. The zero-order chi connectivity index (χ0) is 15.7. The van der Waals surface area contributed by atoms with Crippen LogP contribution in [0.5, 0.6) is 0 Å². The van der Waals surface area contributed by atoms with Crippen LogP contribution in [0.4, 0.5) is 5.00 Å². The van der Waals surface area contributed by atoms with Gasteiger partial charge in [0.25, 0.3) is 0 Å². The van der Waals surface area contributed by atoms with E-state index in [9.17, 15) is 9.59 Å². The molecule has 22 heavy (non-hydrogen) atoms. The highest BCUT2D eigenvalue weighted by atomic mass is 32.1. The molecule has 0 saturated carbocycles. The number of ketones is 1. The van der Waals surface area contributed by atoms with Crippen molar-refractivity contribution < 1.29 is 14.0 Å². The highest BCUT2D eigenvalue weighted by Crippen LogP contribution is 2.40. The van der Waals surface area contributed by atoms with Crippen molar-refractivity contribution in [3.05, 3.63) is 40.2 Å². The summed E-state index contributed by atoms with van der Waals surface area (Å²) in [6.07, 6.45) is 4.83. The quantitative estimate of drug-likeness (QED) is 0.866. The number of carbonyl (C=O) groups excluding carboxylic acids is 2. The largest absolute Gasteiger partial charge is 0.461 e. The molecule has 1 amide bonds. The first kappa shape index (κ1) is 15.0. The fourth-order valence-electron chi connectivity index (χ4n) is 2.83. The summed E-state index contributed by atoms with van der Waals surface area (Å²) in [5.74, 6) is 0.738. The standard InChI is InChI=1S/C17H19NO3S/c1-3-14(19)18-17-15(16(20)12-5-4-8-21-12)11-7-6-10(2)9-13(11)22-17/h4-5,8,10H,3,6-7,9H2,1-2H3,(H,18,19). The van der Waals surface area contributed by atoms with Gasteiger partial charge in [-0.1, -0.05) is 13.8 Å². The molecule has 2 aromatic heterocycles. The zero-order valence-corrected chi connectivity index (χ0v) is 13.6. The van der Waals surface area contributed by atoms with Crippen LogP contribution in [0, 0.1) is 5.92 Å². The molecule has 1 aliphatic rings. The minimum Gasteiger partial charge on any atom is -0.461 e. The third-order valence-electron chi connectivity index (χ3n) is 4.06. The Hall–Kier alpha value is -1.88. The van der Waals surface area contributed by atoms with Crippen molar-refractivity contribution in [1.29, 1.82) is 0 Å². The van der Waals surface area contributed by atoms with E-state index in [0.29, 0.717) is 28.7 Å². The molecule has 0 aromatic carbocycles. The Labute approximate surface area is 133 Å². The number of thiophene rings is 1. The average molecular weight is 317 g/mol. The van der Waals surface area contributed by atoms with Gasteiger partial charge in [0, 0.05) is 11.3 Å². The number of carbonyl (C=O) groups is 2. The molecule has 3 rings (SSSR count). The summed E-state index contributed by atoms with van der Waals surface area (Å²) in [7, 11) is 0. The molecule has 116 valence electrons. The van der Waals surface area contributed by atoms with E-state index in [4.69, 9.17) is 4.42 Å². The molecule has 1 unspecified atom stereocenters. The Bertz CT molecular complexity index is 700. The zero-order valence-electron chi connectivity index (χ0n) is 12.8. The predicted octanol–water partition coefficient (Wildman–Crippen LogP) is 4.05. The summed E-state index contributed by atoms with van der Waals surface area (Å²) in [6, 6.07) is 3.38. The van der Waals surface area contributed by atoms with Gasteiger partial charge in [-0.3, -0.25) is 9.59 Å². The number of nitrogens with one attached hydrogen (secondary N) is 1. The fraction of sp³-hybridized carbons (Fsp3) is 0.412. The number of furan rings is 1. The van der Waals surface area contributed by atoms with Crippen LogP contribution in [0.1, 0.15) is 53.2 Å². The molecular weight excluding hydrogens is 298 g/mol. The van der Waals surface area contributed by atoms with Gasteiger partial charge in [0.05, 0.1) is 11.8 Å². The molecule has 1 N–H and O–H groups in total. The highest BCUT2D eigenvalue weighted by molar-refractivity contribution is 7.17. The van der Waals surface area contributed by atoms with Gasteiger partial charge in [0.1, 0.15) is 5.00 Å². The molecule has 0 aliphatic heterocycles. The fourth-order valence-corrected chi connectivity index (χ4v) is 4.25. The first-order chi connectivity index (χ1) is 10.6. The van der Waals surface area contributed by atoms with Crippen LogP contribution in [0.15, 0.2) is 22.8 Å². The topological polar surface area (TPSA) is 59.3 Å². The monoisotopic (exact) mass is 317 g/mol. The summed E-state index contributed by atoms with van der Waals surface area (Å²) in [5.41, 5.74) is 1.72. The third-order valence-corrected chi connectivity index (χ3v) is 5.23. The lowest BCUT2D eigenvalue weighted by Gasteiger charge is -2.18. The Morgan fingerprint density at radius 1 is 1.45 bits per heavy atom. The van der Waals surface area contributed by atoms with Crippen molar-refractivity contribution in [3.63, 3.8) is 0 Å². The van der Waals surface area contributed by atoms with Gasteiger partial charge >= 0.3 is 0 Å². The number of anilines is 1. The van der Waals surface area contributed by atoms with Gasteiger partial charge in [-0.05, 0) is 42.9 Å². The minimum absolute atomic E-state index is 0.0693. The molecule has 2 heterocycles. The van der Waals surface area contributed by atoms with E-state index in [1.54, 1.807) is 30.4 Å². The van der Waals surface area contributed by atoms with Crippen LogP contribution in [0.3, 0.4) is 0 Å². The normalized spacial score (nSPS) is 17.1. The number of hydrogen-bond acceptors (Lipinski definition) is 4. The Kier molecular flexibility index (Phi) is 4.16. The molecule has 0 spiro atoms. The minimum atomic E-state index is -0.136. The maximum atomic E-state index is 12.8. The van der Waals surface area contributed by atoms with Crippen molar-refractivity contribution in [2.45, 2.75) is 39.5 Å². The summed E-state index contributed by atoms with van der Waals surface area (Å²) in [5, 5.41) is 3.57. The lowest BCUT2D eigenvalue weighted by Crippen LogP contribution is -2.14. The second-order valence-electron chi connectivity index (χ2n) is 5.76.